The molecule has 0 aliphatic heterocycles. The normalized spacial score (nSPS) is 11.3. The van der Waals surface area contributed by atoms with Crippen LogP contribution in [0.4, 0.5) is 0 Å². The quantitative estimate of drug-likeness (QED) is 0.671. The monoisotopic (exact) mass is 363 g/mol. The van der Waals surface area contributed by atoms with Gasteiger partial charge in [0.2, 0.25) is 5.91 Å². The highest BCUT2D eigenvalue weighted by Crippen LogP contribution is 2.08. The Labute approximate surface area is 153 Å². The minimum absolute atomic E-state index is 0. The van der Waals surface area contributed by atoms with Crippen LogP contribution in [0.5, 0.6) is 0 Å². The number of hydrogen-bond donors (Lipinski definition) is 2. The first-order chi connectivity index (χ1) is 10.2. The number of rotatable bonds is 10. The molecule has 6 heteroatoms. The van der Waals surface area contributed by atoms with Crippen molar-refractivity contribution in [2.75, 3.05) is 26.2 Å². The van der Waals surface area contributed by atoms with Crippen molar-refractivity contribution < 1.29 is 4.79 Å². The molecule has 1 aromatic carbocycles. The lowest BCUT2D eigenvalue weighted by Gasteiger charge is -2.30. The van der Waals surface area contributed by atoms with Crippen LogP contribution in [-0.4, -0.2) is 43.0 Å². The second-order valence-corrected chi connectivity index (χ2v) is 5.26. The maximum absolute atomic E-state index is 11.8. The molecule has 0 spiro atoms. The average molecular weight is 364 g/mol. The highest BCUT2D eigenvalue weighted by Gasteiger charge is 2.17. The number of halogens is 2. The third-order valence-corrected chi connectivity index (χ3v) is 3.79. The van der Waals surface area contributed by atoms with E-state index in [9.17, 15) is 4.79 Å². The topological polar surface area (TPSA) is 58.4 Å². The van der Waals surface area contributed by atoms with Crippen molar-refractivity contribution >= 4 is 30.7 Å². The Morgan fingerprint density at radius 2 is 1.78 bits per heavy atom. The fraction of sp³-hybridized carbons (Fsp3) is 0.588. The van der Waals surface area contributed by atoms with Crippen LogP contribution in [0.1, 0.15) is 32.3 Å². The number of benzene rings is 1. The van der Waals surface area contributed by atoms with Crippen LogP contribution < -0.4 is 11.1 Å². The van der Waals surface area contributed by atoms with Gasteiger partial charge in [-0.3, -0.25) is 9.69 Å². The molecule has 1 amide bonds. The minimum Gasteiger partial charge on any atom is -0.355 e. The number of carbonyl (C=O) groups is 1. The first-order valence-electron chi connectivity index (χ1n) is 7.96. The maximum atomic E-state index is 11.8. The number of hydrogen-bond acceptors (Lipinski definition) is 3. The van der Waals surface area contributed by atoms with Crippen LogP contribution in [0.3, 0.4) is 0 Å². The molecule has 0 saturated heterocycles. The lowest BCUT2D eigenvalue weighted by Crippen LogP contribution is -2.45. The predicted octanol–water partition coefficient (Wildman–Crippen LogP) is 2.64. The highest BCUT2D eigenvalue weighted by atomic mass is 35.5. The Balaban J connectivity index is 0. The molecule has 0 fully saturated rings. The summed E-state index contributed by atoms with van der Waals surface area (Å²) in [7, 11) is 0. The molecule has 1 rings (SSSR count). The van der Waals surface area contributed by atoms with Crippen molar-refractivity contribution in [2.45, 2.75) is 39.2 Å². The molecule has 1 aromatic rings. The van der Waals surface area contributed by atoms with E-state index in [1.165, 1.54) is 5.56 Å². The van der Waals surface area contributed by atoms with Gasteiger partial charge in [0, 0.05) is 19.0 Å². The summed E-state index contributed by atoms with van der Waals surface area (Å²) in [4.78, 5) is 14.2. The van der Waals surface area contributed by atoms with Crippen molar-refractivity contribution in [1.29, 1.82) is 0 Å². The van der Waals surface area contributed by atoms with Gasteiger partial charge in [-0.15, -0.1) is 24.8 Å². The van der Waals surface area contributed by atoms with Crippen LogP contribution in [0.25, 0.3) is 0 Å². The largest absolute Gasteiger partial charge is 0.355 e. The number of nitrogens with one attached hydrogen (secondary N) is 1. The van der Waals surface area contributed by atoms with Crippen molar-refractivity contribution in [3.63, 3.8) is 0 Å². The van der Waals surface area contributed by atoms with E-state index in [1.807, 2.05) is 6.07 Å². The van der Waals surface area contributed by atoms with Crippen LogP contribution in [0, 0.1) is 0 Å². The summed E-state index contributed by atoms with van der Waals surface area (Å²) >= 11 is 0. The molecule has 3 N–H and O–H groups in total. The molecule has 23 heavy (non-hydrogen) atoms. The molecule has 1 unspecified atom stereocenters. The molecule has 0 saturated carbocycles. The number of carbonyl (C=O) groups excluding carboxylic acids is 1. The molecule has 0 aliphatic rings. The molecule has 4 nitrogen and oxygen atoms in total. The van der Waals surface area contributed by atoms with E-state index in [-0.39, 0.29) is 30.7 Å². The standard InChI is InChI=1S/C17H29N3O.2ClH/c1-3-20(4-2)16(13-15-9-6-5-7-10-15)14-19-17(21)11-8-12-18;;/h5-7,9-10,16H,3-4,8,11-14,18H2,1-2H3,(H,19,21);2*1H. The number of amides is 1. The second kappa shape index (κ2) is 14.8. The summed E-state index contributed by atoms with van der Waals surface area (Å²) in [5.74, 6) is 0.102. The summed E-state index contributed by atoms with van der Waals surface area (Å²) in [6, 6.07) is 10.8. The van der Waals surface area contributed by atoms with Gasteiger partial charge in [-0.1, -0.05) is 44.2 Å². The van der Waals surface area contributed by atoms with Crippen molar-refractivity contribution in [2.24, 2.45) is 5.73 Å². The Morgan fingerprint density at radius 3 is 2.30 bits per heavy atom. The Kier molecular flexibility index (Phi) is 15.7. The number of likely N-dealkylation sites (N-methyl/N-ethyl adjacent to an activating group) is 1. The van der Waals surface area contributed by atoms with Crippen LogP contribution in [-0.2, 0) is 11.2 Å². The molecule has 0 aromatic heterocycles. The Morgan fingerprint density at radius 1 is 1.17 bits per heavy atom. The molecular weight excluding hydrogens is 333 g/mol. The number of nitrogens with zero attached hydrogens (tertiary/aromatic N) is 1. The van der Waals surface area contributed by atoms with Gasteiger partial charge < -0.3 is 11.1 Å². The van der Waals surface area contributed by atoms with E-state index in [4.69, 9.17) is 5.73 Å². The summed E-state index contributed by atoms with van der Waals surface area (Å²) < 4.78 is 0. The lowest BCUT2D eigenvalue weighted by atomic mass is 10.0. The third kappa shape index (κ3) is 9.82. The lowest BCUT2D eigenvalue weighted by molar-refractivity contribution is -0.121. The smallest absolute Gasteiger partial charge is 0.220 e. The van der Waals surface area contributed by atoms with Gasteiger partial charge in [0.1, 0.15) is 0 Å². The molecule has 1 atom stereocenters. The molecule has 134 valence electrons. The summed E-state index contributed by atoms with van der Waals surface area (Å²) in [6.45, 7) is 7.58. The zero-order valence-corrected chi connectivity index (χ0v) is 15.8. The van der Waals surface area contributed by atoms with Gasteiger partial charge in [-0.2, -0.15) is 0 Å². The Hall–Kier alpha value is -0.810. The molecule has 0 bridgehead atoms. The van der Waals surface area contributed by atoms with Crippen LogP contribution in [0.15, 0.2) is 30.3 Å². The van der Waals surface area contributed by atoms with Crippen molar-refractivity contribution in [3.05, 3.63) is 35.9 Å². The van der Waals surface area contributed by atoms with E-state index in [0.29, 0.717) is 25.6 Å². The molecule has 0 radical (unpaired) electrons. The molecule has 0 heterocycles. The fourth-order valence-electron chi connectivity index (χ4n) is 2.54. The van der Waals surface area contributed by atoms with Crippen molar-refractivity contribution in [3.8, 4) is 0 Å². The predicted molar refractivity (Wildman–Crippen MR) is 103 cm³/mol. The molecular formula is C17H31Cl2N3O. The number of nitrogens with two attached hydrogens (primary N) is 1. The Bertz CT molecular complexity index is 400. The van der Waals surface area contributed by atoms with Gasteiger partial charge >= 0.3 is 0 Å². The van der Waals surface area contributed by atoms with Crippen molar-refractivity contribution in [1.82, 2.24) is 10.2 Å². The van der Waals surface area contributed by atoms with Crippen LogP contribution >= 0.6 is 24.8 Å². The summed E-state index contributed by atoms with van der Waals surface area (Å²) in [5, 5.41) is 3.05. The van der Waals surface area contributed by atoms with E-state index in [0.717, 1.165) is 25.9 Å². The second-order valence-electron chi connectivity index (χ2n) is 5.26. The average Bonchev–Trinajstić information content (AvgIpc) is 2.52. The van der Waals surface area contributed by atoms with E-state index in [1.54, 1.807) is 0 Å². The zero-order chi connectivity index (χ0) is 15.5. The summed E-state index contributed by atoms with van der Waals surface area (Å²) in [6.07, 6.45) is 2.23. The van der Waals surface area contributed by atoms with Crippen LogP contribution in [0.2, 0.25) is 0 Å². The molecule has 0 aliphatic carbocycles. The van der Waals surface area contributed by atoms with Gasteiger partial charge in [-0.25, -0.2) is 0 Å². The van der Waals surface area contributed by atoms with E-state index in [2.05, 4.69) is 48.3 Å². The first kappa shape index (κ1) is 24.4. The third-order valence-electron chi connectivity index (χ3n) is 3.79. The van der Waals surface area contributed by atoms with Gasteiger partial charge in [0.05, 0.1) is 0 Å². The maximum Gasteiger partial charge on any atom is 0.220 e. The van der Waals surface area contributed by atoms with E-state index < -0.39 is 0 Å². The first-order valence-corrected chi connectivity index (χ1v) is 7.96. The minimum atomic E-state index is 0. The van der Waals surface area contributed by atoms with E-state index >= 15 is 0 Å². The van der Waals surface area contributed by atoms with Gasteiger partial charge in [0.25, 0.3) is 0 Å². The SMILES string of the molecule is CCN(CC)C(CNC(=O)CCCN)Cc1ccccc1.Cl.Cl. The van der Waals surface area contributed by atoms with Gasteiger partial charge in [0.15, 0.2) is 0 Å². The van der Waals surface area contributed by atoms with Gasteiger partial charge in [-0.05, 0) is 38.0 Å². The zero-order valence-electron chi connectivity index (χ0n) is 14.2. The highest BCUT2D eigenvalue weighted by molar-refractivity contribution is 5.85. The fourth-order valence-corrected chi connectivity index (χ4v) is 2.54. The summed E-state index contributed by atoms with van der Waals surface area (Å²) in [5.41, 5.74) is 6.75.